The summed E-state index contributed by atoms with van der Waals surface area (Å²) in [6, 6.07) is 21.2. The zero-order valence-corrected chi connectivity index (χ0v) is 18.3. The van der Waals surface area contributed by atoms with Crippen molar-refractivity contribution in [3.05, 3.63) is 89.6 Å². The third-order valence-electron chi connectivity index (χ3n) is 6.93. The van der Waals surface area contributed by atoms with Crippen LogP contribution in [0.5, 0.6) is 0 Å². The molecule has 1 fully saturated rings. The molecule has 0 bridgehead atoms. The maximum Gasteiger partial charge on any atom is 0.259 e. The lowest BCUT2D eigenvalue weighted by atomic mass is 9.65. The highest BCUT2D eigenvalue weighted by atomic mass is 16.2. The lowest BCUT2D eigenvalue weighted by Crippen LogP contribution is -2.62. The molecule has 0 radical (unpaired) electrons. The number of nitrogens with one attached hydrogen (secondary N) is 1. The minimum atomic E-state index is -0.599. The standard InChI is InChI=1S/C27H27N3O2/c1-19-11-10-18-28-24(19)29-25(31)23-21-14-6-7-15-22(21)26(32)30(20-12-4-2-5-13-20)27(23)16-8-3-9-17-27/h2,4-7,10-15,18,23H,3,8-9,16-17H2,1H3,(H,28,29,31)/t23-/m1/s1. The Morgan fingerprint density at radius 2 is 1.69 bits per heavy atom. The Balaban J connectivity index is 1.68. The van der Waals surface area contributed by atoms with Crippen LogP contribution in [0.4, 0.5) is 11.5 Å². The molecule has 5 nitrogen and oxygen atoms in total. The number of benzene rings is 2. The van der Waals surface area contributed by atoms with E-state index >= 15 is 0 Å². The number of amides is 2. The van der Waals surface area contributed by atoms with Crippen molar-refractivity contribution in [2.24, 2.45) is 0 Å². The molecule has 1 aromatic heterocycles. The van der Waals surface area contributed by atoms with E-state index in [4.69, 9.17) is 0 Å². The van der Waals surface area contributed by atoms with Crippen LogP contribution >= 0.6 is 0 Å². The topological polar surface area (TPSA) is 62.3 Å². The number of nitrogens with zero attached hydrogens (tertiary/aromatic N) is 2. The zero-order valence-electron chi connectivity index (χ0n) is 18.3. The summed E-state index contributed by atoms with van der Waals surface area (Å²) in [6.45, 7) is 1.94. The summed E-state index contributed by atoms with van der Waals surface area (Å²) in [5.41, 5.74) is 2.58. The summed E-state index contributed by atoms with van der Waals surface area (Å²) in [5, 5.41) is 3.09. The van der Waals surface area contributed by atoms with Crippen LogP contribution < -0.4 is 10.2 Å². The van der Waals surface area contributed by atoms with Crippen LogP contribution in [0.2, 0.25) is 0 Å². The van der Waals surface area contributed by atoms with E-state index in [-0.39, 0.29) is 11.8 Å². The largest absolute Gasteiger partial charge is 0.310 e. The van der Waals surface area contributed by atoms with Crippen LogP contribution in [-0.4, -0.2) is 22.3 Å². The molecule has 1 atom stereocenters. The van der Waals surface area contributed by atoms with E-state index in [1.54, 1.807) is 6.20 Å². The van der Waals surface area contributed by atoms with Gasteiger partial charge in [-0.15, -0.1) is 0 Å². The van der Waals surface area contributed by atoms with Gasteiger partial charge in [-0.2, -0.15) is 0 Å². The van der Waals surface area contributed by atoms with Crippen molar-refractivity contribution in [1.29, 1.82) is 0 Å². The number of hydrogen-bond donors (Lipinski definition) is 1. The molecule has 3 aromatic rings. The fraction of sp³-hybridized carbons (Fsp3) is 0.296. The molecule has 1 spiro atoms. The third-order valence-corrected chi connectivity index (χ3v) is 6.93. The average Bonchev–Trinajstić information content (AvgIpc) is 2.82. The van der Waals surface area contributed by atoms with E-state index in [2.05, 4.69) is 10.3 Å². The van der Waals surface area contributed by atoms with E-state index in [1.165, 1.54) is 0 Å². The Labute approximate surface area is 188 Å². The molecular formula is C27H27N3O2. The lowest BCUT2D eigenvalue weighted by Gasteiger charge is -2.53. The fourth-order valence-corrected chi connectivity index (χ4v) is 5.50. The predicted octanol–water partition coefficient (Wildman–Crippen LogP) is 5.48. The van der Waals surface area contributed by atoms with E-state index in [9.17, 15) is 9.59 Å². The minimum Gasteiger partial charge on any atom is -0.310 e. The molecule has 1 aliphatic heterocycles. The van der Waals surface area contributed by atoms with Crippen molar-refractivity contribution in [1.82, 2.24) is 4.98 Å². The third kappa shape index (κ3) is 3.29. The monoisotopic (exact) mass is 425 g/mol. The first kappa shape index (κ1) is 20.4. The molecule has 5 heteroatoms. The van der Waals surface area contributed by atoms with Gasteiger partial charge in [-0.05, 0) is 55.2 Å². The van der Waals surface area contributed by atoms with Gasteiger partial charge in [0, 0.05) is 17.4 Å². The number of fused-ring (bicyclic) bond motifs is 1. The first-order chi connectivity index (χ1) is 15.6. The van der Waals surface area contributed by atoms with Gasteiger partial charge in [-0.3, -0.25) is 9.59 Å². The number of rotatable bonds is 3. The normalized spacial score (nSPS) is 19.5. The minimum absolute atomic E-state index is 0.0215. The Kier molecular flexibility index (Phi) is 5.25. The molecule has 2 aliphatic rings. The number of carbonyl (C=O) groups excluding carboxylic acids is 2. The van der Waals surface area contributed by atoms with Gasteiger partial charge in [0.2, 0.25) is 5.91 Å². The van der Waals surface area contributed by atoms with Crippen molar-refractivity contribution in [2.45, 2.75) is 50.5 Å². The number of aromatic nitrogens is 1. The summed E-state index contributed by atoms with van der Waals surface area (Å²) in [4.78, 5) is 34.1. The van der Waals surface area contributed by atoms with E-state index < -0.39 is 11.5 Å². The fourth-order valence-electron chi connectivity index (χ4n) is 5.50. The van der Waals surface area contributed by atoms with Gasteiger partial charge < -0.3 is 10.2 Å². The highest BCUT2D eigenvalue weighted by Gasteiger charge is 2.55. The second kappa shape index (κ2) is 8.23. The first-order valence-electron chi connectivity index (χ1n) is 11.3. The van der Waals surface area contributed by atoms with Crippen molar-refractivity contribution in [3.8, 4) is 0 Å². The van der Waals surface area contributed by atoms with Crippen LogP contribution in [0.3, 0.4) is 0 Å². The highest BCUT2D eigenvalue weighted by molar-refractivity contribution is 6.13. The summed E-state index contributed by atoms with van der Waals surface area (Å²) in [7, 11) is 0. The van der Waals surface area contributed by atoms with E-state index in [1.807, 2.05) is 78.6 Å². The molecule has 32 heavy (non-hydrogen) atoms. The lowest BCUT2D eigenvalue weighted by molar-refractivity contribution is -0.119. The van der Waals surface area contributed by atoms with Crippen molar-refractivity contribution >= 4 is 23.3 Å². The molecule has 1 N–H and O–H groups in total. The number of pyridine rings is 1. The first-order valence-corrected chi connectivity index (χ1v) is 11.3. The number of para-hydroxylation sites is 1. The second-order valence-electron chi connectivity index (χ2n) is 8.82. The predicted molar refractivity (Wildman–Crippen MR) is 126 cm³/mol. The van der Waals surface area contributed by atoms with Crippen LogP contribution in [0.25, 0.3) is 0 Å². The maximum absolute atomic E-state index is 14.0. The second-order valence-corrected chi connectivity index (χ2v) is 8.82. The molecule has 5 rings (SSSR count). The molecule has 162 valence electrons. The quantitative estimate of drug-likeness (QED) is 0.605. The molecule has 0 saturated heterocycles. The average molecular weight is 426 g/mol. The van der Waals surface area contributed by atoms with Gasteiger partial charge in [0.15, 0.2) is 0 Å². The van der Waals surface area contributed by atoms with Gasteiger partial charge in [0.1, 0.15) is 5.82 Å². The van der Waals surface area contributed by atoms with E-state index in [0.717, 1.165) is 48.9 Å². The highest BCUT2D eigenvalue weighted by Crippen LogP contribution is 2.51. The molecule has 2 amide bonds. The summed E-state index contributed by atoms with van der Waals surface area (Å²) < 4.78 is 0. The number of aryl methyl sites for hydroxylation is 1. The van der Waals surface area contributed by atoms with Crippen molar-refractivity contribution in [3.63, 3.8) is 0 Å². The van der Waals surface area contributed by atoms with Gasteiger partial charge in [0.25, 0.3) is 5.91 Å². The Morgan fingerprint density at radius 1 is 0.969 bits per heavy atom. The van der Waals surface area contributed by atoms with Gasteiger partial charge in [-0.25, -0.2) is 4.98 Å². The number of hydrogen-bond acceptors (Lipinski definition) is 3. The maximum atomic E-state index is 14.0. The summed E-state index contributed by atoms with van der Waals surface area (Å²) >= 11 is 0. The summed E-state index contributed by atoms with van der Waals surface area (Å²) in [5.74, 6) is -0.0243. The molecule has 0 unspecified atom stereocenters. The van der Waals surface area contributed by atoms with Crippen molar-refractivity contribution in [2.75, 3.05) is 10.2 Å². The van der Waals surface area contributed by atoms with Crippen LogP contribution in [0, 0.1) is 6.92 Å². The zero-order chi connectivity index (χ0) is 22.1. The summed E-state index contributed by atoms with van der Waals surface area (Å²) in [6.07, 6.45) is 6.38. The molecule has 2 heterocycles. The van der Waals surface area contributed by atoms with Crippen LogP contribution in [-0.2, 0) is 4.79 Å². The van der Waals surface area contributed by atoms with Gasteiger partial charge in [0.05, 0.1) is 11.5 Å². The van der Waals surface area contributed by atoms with Crippen molar-refractivity contribution < 1.29 is 9.59 Å². The molecule has 1 saturated carbocycles. The Bertz CT molecular complexity index is 1150. The molecule has 1 aliphatic carbocycles. The van der Waals surface area contributed by atoms with Crippen LogP contribution in [0.15, 0.2) is 72.9 Å². The van der Waals surface area contributed by atoms with Gasteiger partial charge >= 0.3 is 0 Å². The van der Waals surface area contributed by atoms with Crippen LogP contribution in [0.1, 0.15) is 59.5 Å². The van der Waals surface area contributed by atoms with E-state index in [0.29, 0.717) is 11.4 Å². The number of carbonyl (C=O) groups is 2. The smallest absolute Gasteiger partial charge is 0.259 e. The SMILES string of the molecule is Cc1cccnc1NC(=O)[C@H]1c2ccccc2C(=O)N(c2ccccc2)C12CCCCC2. The number of anilines is 2. The van der Waals surface area contributed by atoms with Gasteiger partial charge in [-0.1, -0.05) is 61.7 Å². The molecule has 2 aromatic carbocycles. The Hall–Kier alpha value is -3.47. The molecular weight excluding hydrogens is 398 g/mol. The Morgan fingerprint density at radius 3 is 2.44 bits per heavy atom.